The second kappa shape index (κ2) is 39.0. The molecular formula is C96H109N17O4S. The number of nitriles is 4. The number of amides is 1. The Kier molecular flexibility index (Phi) is 27.6. The molecule has 0 aromatic heterocycles. The molecule has 608 valence electrons. The monoisotopic (exact) mass is 1600 g/mol. The maximum atomic E-state index is 13.7. The summed E-state index contributed by atoms with van der Waals surface area (Å²) in [5.41, 5.74) is 19.8. The highest BCUT2D eigenvalue weighted by atomic mass is 32.2. The first-order valence-corrected chi connectivity index (χ1v) is 42.9. The number of carbonyl (C=O) groups excluding carboxylic acids is 1. The van der Waals surface area contributed by atoms with Crippen molar-refractivity contribution in [3.05, 3.63) is 275 Å². The molecule has 22 heteroatoms. The summed E-state index contributed by atoms with van der Waals surface area (Å²) in [6.45, 7) is 27.6. The van der Waals surface area contributed by atoms with E-state index < -0.39 is 9.71 Å². The smallest absolute Gasteiger partial charge is 0.254 e. The van der Waals surface area contributed by atoms with E-state index in [-0.39, 0.29) is 37.2 Å². The molecular weight excluding hydrogens is 1490 g/mol. The van der Waals surface area contributed by atoms with Gasteiger partial charge in [-0.3, -0.25) is 9.93 Å². The summed E-state index contributed by atoms with van der Waals surface area (Å²) in [6.07, 6.45) is 5.75. The molecule has 6 saturated heterocycles. The molecule has 6 heterocycles. The first kappa shape index (κ1) is 83.5. The third-order valence-corrected chi connectivity index (χ3v) is 25.1. The van der Waals surface area contributed by atoms with Gasteiger partial charge in [0.25, 0.3) is 5.91 Å². The van der Waals surface area contributed by atoms with Crippen molar-refractivity contribution in [2.75, 3.05) is 163 Å². The van der Waals surface area contributed by atoms with Crippen LogP contribution in [-0.4, -0.2) is 189 Å². The number of nitrogens with zero attached hydrogens (tertiary/aromatic N) is 13. The van der Waals surface area contributed by atoms with Crippen molar-refractivity contribution in [3.63, 3.8) is 0 Å². The lowest BCUT2D eigenvalue weighted by Crippen LogP contribution is -2.54. The van der Waals surface area contributed by atoms with Crippen LogP contribution in [0.25, 0.3) is 11.4 Å². The zero-order valence-corrected chi connectivity index (χ0v) is 68.9. The van der Waals surface area contributed by atoms with Gasteiger partial charge >= 0.3 is 0 Å². The van der Waals surface area contributed by atoms with Crippen LogP contribution in [0.2, 0.25) is 0 Å². The zero-order valence-electron chi connectivity index (χ0n) is 68.1. The third kappa shape index (κ3) is 20.0. The van der Waals surface area contributed by atoms with Crippen molar-refractivity contribution in [1.82, 2.24) is 14.7 Å². The molecule has 118 heavy (non-hydrogen) atoms. The van der Waals surface area contributed by atoms with Crippen LogP contribution in [-0.2, 0) is 9.71 Å². The molecule has 7 N–H and O–H groups in total. The van der Waals surface area contributed by atoms with Crippen LogP contribution in [0.5, 0.6) is 0 Å². The van der Waals surface area contributed by atoms with Gasteiger partial charge < -0.3 is 70.3 Å². The molecule has 9 aromatic carbocycles. The highest BCUT2D eigenvalue weighted by molar-refractivity contribution is 7.98. The van der Waals surface area contributed by atoms with Crippen molar-refractivity contribution in [1.29, 1.82) is 21.0 Å². The van der Waals surface area contributed by atoms with E-state index in [9.17, 15) is 40.3 Å². The number of piperidine rings is 3. The minimum Gasteiger partial charge on any atom is -0.394 e. The molecule has 9 aromatic rings. The van der Waals surface area contributed by atoms with E-state index in [2.05, 4.69) is 173 Å². The van der Waals surface area contributed by atoms with E-state index in [4.69, 9.17) is 5.14 Å². The predicted octanol–water partition coefficient (Wildman–Crippen LogP) is 13.9. The molecule has 6 aliphatic heterocycles. The Morgan fingerprint density at radius 2 is 0.763 bits per heavy atom. The molecule has 6 aliphatic rings. The molecule has 0 saturated carbocycles. The molecule has 0 radical (unpaired) electrons. The summed E-state index contributed by atoms with van der Waals surface area (Å²) in [4.78, 5) is 34.2. The summed E-state index contributed by atoms with van der Waals surface area (Å²) >= 11 is 0. The maximum absolute atomic E-state index is 13.7. The molecule has 0 aliphatic carbocycles. The summed E-state index contributed by atoms with van der Waals surface area (Å²) in [5, 5.41) is 75.6. The Morgan fingerprint density at radius 3 is 1.14 bits per heavy atom. The maximum Gasteiger partial charge on any atom is 0.254 e. The molecule has 21 nitrogen and oxygen atoms in total. The fourth-order valence-electron chi connectivity index (χ4n) is 17.2. The van der Waals surface area contributed by atoms with E-state index in [1.165, 1.54) is 11.1 Å². The van der Waals surface area contributed by atoms with Crippen LogP contribution in [0.1, 0.15) is 99.0 Å². The van der Waals surface area contributed by atoms with Crippen molar-refractivity contribution in [3.8, 4) is 24.3 Å². The number of aliphatic hydroxyl groups is 2. The Balaban J connectivity index is 0.000000154. The van der Waals surface area contributed by atoms with Crippen LogP contribution in [0.15, 0.2) is 224 Å². The summed E-state index contributed by atoms with van der Waals surface area (Å²) in [7, 11) is -2.88. The lowest BCUT2D eigenvalue weighted by molar-refractivity contribution is 0.0745. The topological polar surface area (TPSA) is 261 Å². The lowest BCUT2D eigenvalue weighted by Gasteiger charge is -2.43. The summed E-state index contributed by atoms with van der Waals surface area (Å²) < 4.78 is 12.5. The highest BCUT2D eigenvalue weighted by Crippen LogP contribution is 2.36. The van der Waals surface area contributed by atoms with Crippen LogP contribution in [0.3, 0.4) is 0 Å². The minimum atomic E-state index is -2.88. The van der Waals surface area contributed by atoms with E-state index >= 15 is 0 Å². The number of hydrogen-bond donors (Lipinski definition) is 6. The van der Waals surface area contributed by atoms with Crippen molar-refractivity contribution < 1.29 is 19.2 Å². The summed E-state index contributed by atoms with van der Waals surface area (Å²) in [5.74, 6) is 3.58. The van der Waals surface area contributed by atoms with Gasteiger partial charge in [-0.15, -0.1) is 0 Å². The van der Waals surface area contributed by atoms with Crippen LogP contribution < -0.4 is 50.5 Å². The molecule has 3 atom stereocenters. The number of para-hydroxylation sites is 6. The normalized spacial score (nSPS) is 17.9. The number of rotatable bonds is 20. The second-order valence-electron chi connectivity index (χ2n) is 31.5. The van der Waals surface area contributed by atoms with Gasteiger partial charge in [-0.2, -0.15) is 21.0 Å². The van der Waals surface area contributed by atoms with Gasteiger partial charge in [-0.1, -0.05) is 122 Å². The summed E-state index contributed by atoms with van der Waals surface area (Å²) in [6, 6.07) is 78.3. The van der Waals surface area contributed by atoms with E-state index in [0.717, 1.165) is 202 Å². The van der Waals surface area contributed by atoms with Crippen molar-refractivity contribution in [2.24, 2.45) is 5.14 Å². The fourth-order valence-corrected chi connectivity index (χ4v) is 18.0. The Morgan fingerprint density at radius 1 is 0.415 bits per heavy atom. The fraction of sp³-hybridized carbons (Fsp3) is 0.333. The number of nitrogens with two attached hydrogens (primary N) is 1. The first-order chi connectivity index (χ1) is 57.3. The van der Waals surface area contributed by atoms with Gasteiger partial charge in [-0.05, 0) is 190 Å². The SMILES string of the molecule is C=C(c1ccc(C)c(NC2CCN(c3ccccc3C#N)CC2)c1)N1CCN(c2ccccc2)[C@@H](CO)C1.C=C(c1ccc(C)c(NC2CCN(c3ccccc3C#N)CC2)c1)N1CCN(c2ccccc2)[C@H](CO)C1.C=S(N)(=O)c1ccccc1N1CCN(C(=O)c2cc(NC3CCN(c4ccccc4C#N)CC3)c(C#N)cc2C)CC1. The lowest BCUT2D eigenvalue weighted by atomic mass is 9.99. The molecule has 1 amide bonds. The van der Waals surface area contributed by atoms with Gasteiger partial charge in [0.05, 0.1) is 90.6 Å². The Bertz CT molecular complexity index is 5090. The molecule has 0 spiro atoms. The number of carbonyl (C=O) groups is 1. The number of piperazine rings is 3. The number of anilines is 9. The van der Waals surface area contributed by atoms with Gasteiger partial charge in [0.1, 0.15) is 24.3 Å². The predicted molar refractivity (Wildman–Crippen MR) is 481 cm³/mol. The van der Waals surface area contributed by atoms with Gasteiger partial charge in [0.15, 0.2) is 0 Å². The largest absolute Gasteiger partial charge is 0.394 e. The average molecular weight is 1600 g/mol. The van der Waals surface area contributed by atoms with Crippen molar-refractivity contribution >= 4 is 84.1 Å². The highest BCUT2D eigenvalue weighted by Gasteiger charge is 2.33. The quantitative estimate of drug-likeness (QED) is 0.0387. The van der Waals surface area contributed by atoms with Gasteiger partial charge in [0, 0.05) is 163 Å². The van der Waals surface area contributed by atoms with E-state index in [1.807, 2.05) is 139 Å². The molecule has 1 unspecified atom stereocenters. The molecule has 15 rings (SSSR count). The zero-order chi connectivity index (χ0) is 82.8. The Labute approximate surface area is 697 Å². The number of aliphatic hydroxyl groups excluding tert-OH is 2. The van der Waals surface area contributed by atoms with Gasteiger partial charge in [-0.25, -0.2) is 4.21 Å². The number of benzene rings is 9. The van der Waals surface area contributed by atoms with Crippen LogP contribution in [0.4, 0.5) is 51.2 Å². The Hall–Kier alpha value is -12.4. The molecule has 6 fully saturated rings. The van der Waals surface area contributed by atoms with Gasteiger partial charge in [0.2, 0.25) is 0 Å². The van der Waals surface area contributed by atoms with Crippen molar-refractivity contribution in [2.45, 2.75) is 94.4 Å². The molecule has 0 bridgehead atoms. The standard InChI is InChI=1S/C32H35N7O2S.2C32H37N5O/c1-23-19-25(22-34)28(36-26-11-13-37(14-12-26)29-8-4-3-7-24(29)21-33)20-27(23)32(40)39-17-15-38(16-18-39)30-9-5-6-10-31(30)42(2,35)41;2*1-24-12-13-26(25(2)36-18-19-37(30(22-36)23-38)29-9-4-3-5-10-29)20-31(24)34-28-14-16-35(17-15-28)32-11-7-6-8-27(32)21-33/h3-10,19-20,26,36H,2,11-18H2,1H3,(H2,35,41);2*3-13,20,28,30,34,38H,2,14-19,22-23H2,1H3/t;2*30-/m.10/s1. The minimum absolute atomic E-state index is 0.0299. The average Bonchev–Trinajstić information content (AvgIpc) is 0.799. The number of nitrogens with one attached hydrogen (secondary N) is 3. The van der Waals surface area contributed by atoms with E-state index in [1.54, 1.807) is 18.2 Å². The second-order valence-corrected chi connectivity index (χ2v) is 33.4. The number of aryl methyl sites for hydroxylation is 3. The first-order valence-electron chi connectivity index (χ1n) is 41.1. The number of hydrogen-bond acceptors (Lipinski definition) is 19. The van der Waals surface area contributed by atoms with Crippen LogP contribution >= 0.6 is 0 Å². The third-order valence-electron chi connectivity index (χ3n) is 24.0. The van der Waals surface area contributed by atoms with E-state index in [0.29, 0.717) is 65.5 Å². The van der Waals surface area contributed by atoms with Crippen LogP contribution in [0, 0.1) is 66.1 Å².